The summed E-state index contributed by atoms with van der Waals surface area (Å²) in [6.07, 6.45) is 7.32. The molecule has 0 aliphatic carbocycles. The molecule has 0 fully saturated rings. The zero-order chi connectivity index (χ0) is 30.8. The quantitative estimate of drug-likeness (QED) is 0.188. The number of hydrogen-bond acceptors (Lipinski definition) is 7. The number of anilines is 3. The van der Waals surface area contributed by atoms with E-state index >= 15 is 0 Å². The van der Waals surface area contributed by atoms with Gasteiger partial charge in [-0.3, -0.25) is 14.9 Å². The van der Waals surface area contributed by atoms with Crippen molar-refractivity contribution in [2.24, 2.45) is 0 Å². The molecule has 0 N–H and O–H groups in total. The van der Waals surface area contributed by atoms with Gasteiger partial charge in [-0.15, -0.1) is 0 Å². The van der Waals surface area contributed by atoms with Gasteiger partial charge in [0, 0.05) is 30.5 Å². The van der Waals surface area contributed by atoms with Crippen LogP contribution in [0.1, 0.15) is 26.3 Å². The number of rotatable bonds is 7. The maximum atomic E-state index is 5.06. The lowest BCUT2D eigenvalue weighted by Crippen LogP contribution is -2.16. The SMILES string of the molecule is CC(C)(C)c1ccc(N(c2cccc(-n3ccc(-c4ccccn4)n3)n2)c2cccc(-n3ccc(-c4ccccn4)n3)n2)cc1. The summed E-state index contributed by atoms with van der Waals surface area (Å²) in [5.74, 6) is 2.75. The number of nitrogens with zero attached hydrogens (tertiary/aromatic N) is 9. The van der Waals surface area contributed by atoms with Crippen molar-refractivity contribution in [3.63, 3.8) is 0 Å². The topological polar surface area (TPSA) is 90.4 Å². The van der Waals surface area contributed by atoms with Crippen LogP contribution in [0.15, 0.2) is 134 Å². The van der Waals surface area contributed by atoms with E-state index in [4.69, 9.17) is 20.2 Å². The monoisotopic (exact) mass is 589 g/mol. The minimum atomic E-state index is 0.0243. The normalized spacial score (nSPS) is 11.4. The Morgan fingerprint density at radius 2 is 1.02 bits per heavy atom. The number of aromatic nitrogens is 8. The van der Waals surface area contributed by atoms with Gasteiger partial charge in [-0.25, -0.2) is 19.3 Å². The molecule has 0 aliphatic rings. The standard InChI is InChI=1S/C36H31N9/c1-36(2,3)26-16-18-27(19-17-26)45(34-14-8-12-32(39-34)43-24-20-30(41-43)28-10-4-6-22-37-28)35-15-9-13-33(40-35)44-25-21-31(42-44)29-11-5-7-23-38-29/h4-25H,1-3H3. The number of benzene rings is 1. The van der Waals surface area contributed by atoms with Gasteiger partial charge in [0.05, 0.1) is 11.4 Å². The molecule has 0 atom stereocenters. The molecule has 45 heavy (non-hydrogen) atoms. The maximum Gasteiger partial charge on any atom is 0.155 e. The molecule has 9 heteroatoms. The molecule has 0 radical (unpaired) electrons. The molecule has 0 aliphatic heterocycles. The van der Waals surface area contributed by atoms with Gasteiger partial charge in [-0.1, -0.05) is 57.2 Å². The maximum absolute atomic E-state index is 5.06. The predicted octanol–water partition coefficient (Wildman–Crippen LogP) is 7.74. The van der Waals surface area contributed by atoms with Crippen LogP contribution in [0.25, 0.3) is 34.4 Å². The van der Waals surface area contributed by atoms with Crippen LogP contribution < -0.4 is 4.90 Å². The van der Waals surface area contributed by atoms with Gasteiger partial charge in [-0.05, 0) is 83.8 Å². The highest BCUT2D eigenvalue weighted by atomic mass is 15.3. The summed E-state index contributed by atoms with van der Waals surface area (Å²) in [5, 5.41) is 9.51. The van der Waals surface area contributed by atoms with Crippen molar-refractivity contribution < 1.29 is 0 Å². The van der Waals surface area contributed by atoms with Gasteiger partial charge in [0.25, 0.3) is 0 Å². The van der Waals surface area contributed by atoms with Gasteiger partial charge in [0.15, 0.2) is 11.6 Å². The molecule has 0 unspecified atom stereocenters. The summed E-state index contributed by atoms with van der Waals surface area (Å²) in [4.78, 5) is 21.0. The van der Waals surface area contributed by atoms with Gasteiger partial charge in [0.2, 0.25) is 0 Å². The summed E-state index contributed by atoms with van der Waals surface area (Å²) in [6, 6.07) is 35.8. The van der Waals surface area contributed by atoms with E-state index in [1.165, 1.54) is 5.56 Å². The molecular weight excluding hydrogens is 558 g/mol. The van der Waals surface area contributed by atoms with Crippen molar-refractivity contribution in [1.82, 2.24) is 39.5 Å². The summed E-state index contributed by atoms with van der Waals surface area (Å²) in [6.45, 7) is 6.63. The first-order valence-electron chi connectivity index (χ1n) is 14.7. The van der Waals surface area contributed by atoms with E-state index in [1.54, 1.807) is 21.8 Å². The molecule has 7 aromatic rings. The fraction of sp³-hybridized carbons (Fsp3) is 0.111. The average Bonchev–Trinajstić information content (AvgIpc) is 3.78. The Morgan fingerprint density at radius 3 is 1.47 bits per heavy atom. The molecule has 0 bridgehead atoms. The molecule has 9 nitrogen and oxygen atoms in total. The lowest BCUT2D eigenvalue weighted by molar-refractivity contribution is 0.590. The van der Waals surface area contributed by atoms with Gasteiger partial charge >= 0.3 is 0 Å². The summed E-state index contributed by atoms with van der Waals surface area (Å²) in [7, 11) is 0. The highest BCUT2D eigenvalue weighted by molar-refractivity contribution is 5.73. The van der Waals surface area contributed by atoms with Gasteiger partial charge in [-0.2, -0.15) is 10.2 Å². The molecule has 7 rings (SSSR count). The second-order valence-corrected chi connectivity index (χ2v) is 11.6. The molecule has 220 valence electrons. The van der Waals surface area contributed by atoms with Crippen molar-refractivity contribution >= 4 is 17.3 Å². The Kier molecular flexibility index (Phi) is 7.19. The fourth-order valence-electron chi connectivity index (χ4n) is 5.03. The Hall–Kier alpha value is -5.96. The lowest BCUT2D eigenvalue weighted by atomic mass is 9.87. The zero-order valence-electron chi connectivity index (χ0n) is 25.2. The first-order chi connectivity index (χ1) is 21.9. The van der Waals surface area contributed by atoms with Crippen LogP contribution in [0.2, 0.25) is 0 Å². The van der Waals surface area contributed by atoms with Crippen LogP contribution in [0.4, 0.5) is 17.3 Å². The third-order valence-electron chi connectivity index (χ3n) is 7.39. The van der Waals surface area contributed by atoms with Crippen molar-refractivity contribution in [3.05, 3.63) is 140 Å². The molecule has 6 heterocycles. The molecule has 6 aromatic heterocycles. The lowest BCUT2D eigenvalue weighted by Gasteiger charge is -2.25. The van der Waals surface area contributed by atoms with Crippen molar-refractivity contribution in [2.75, 3.05) is 4.90 Å². The Balaban J connectivity index is 1.29. The van der Waals surface area contributed by atoms with E-state index in [2.05, 4.69) is 55.0 Å². The highest BCUT2D eigenvalue weighted by Crippen LogP contribution is 2.34. The Bertz CT molecular complexity index is 1920. The van der Waals surface area contributed by atoms with Crippen LogP contribution in [0.3, 0.4) is 0 Å². The number of hydrogen-bond donors (Lipinski definition) is 0. The van der Waals surface area contributed by atoms with Crippen LogP contribution in [-0.2, 0) is 5.41 Å². The smallest absolute Gasteiger partial charge is 0.155 e. The molecule has 0 amide bonds. The molecule has 0 saturated heterocycles. The first-order valence-corrected chi connectivity index (χ1v) is 14.7. The van der Waals surface area contributed by atoms with Crippen LogP contribution >= 0.6 is 0 Å². The predicted molar refractivity (Wildman–Crippen MR) is 176 cm³/mol. The molecule has 0 saturated carbocycles. The van der Waals surface area contributed by atoms with E-state index in [1.807, 2.05) is 102 Å². The summed E-state index contributed by atoms with van der Waals surface area (Å²) in [5.41, 5.74) is 5.36. The number of pyridine rings is 4. The van der Waals surface area contributed by atoms with Gasteiger partial charge < -0.3 is 0 Å². The van der Waals surface area contributed by atoms with Crippen molar-refractivity contribution in [2.45, 2.75) is 26.2 Å². The van der Waals surface area contributed by atoms with E-state index in [0.717, 1.165) is 28.5 Å². The van der Waals surface area contributed by atoms with E-state index in [-0.39, 0.29) is 5.41 Å². The first kappa shape index (κ1) is 27.8. The third-order valence-corrected chi connectivity index (χ3v) is 7.39. The van der Waals surface area contributed by atoms with Crippen molar-refractivity contribution in [1.29, 1.82) is 0 Å². The molecule has 0 spiro atoms. The average molecular weight is 590 g/mol. The Morgan fingerprint density at radius 1 is 0.511 bits per heavy atom. The zero-order valence-corrected chi connectivity index (χ0v) is 25.2. The fourth-order valence-corrected chi connectivity index (χ4v) is 5.03. The Labute approximate surface area is 261 Å². The van der Waals surface area contributed by atoms with Crippen LogP contribution in [0.5, 0.6) is 0 Å². The van der Waals surface area contributed by atoms with Crippen LogP contribution in [0, 0.1) is 0 Å². The minimum absolute atomic E-state index is 0.0243. The van der Waals surface area contributed by atoms with Gasteiger partial charge in [0.1, 0.15) is 23.0 Å². The van der Waals surface area contributed by atoms with Crippen molar-refractivity contribution in [3.8, 4) is 34.4 Å². The third kappa shape index (κ3) is 5.83. The van der Waals surface area contributed by atoms with E-state index < -0.39 is 0 Å². The van der Waals surface area contributed by atoms with E-state index in [0.29, 0.717) is 23.3 Å². The summed E-state index contributed by atoms with van der Waals surface area (Å²) >= 11 is 0. The largest absolute Gasteiger partial charge is 0.279 e. The van der Waals surface area contributed by atoms with Crippen LogP contribution in [-0.4, -0.2) is 39.5 Å². The molecular formula is C36H31N9. The second kappa shape index (κ2) is 11.6. The second-order valence-electron chi connectivity index (χ2n) is 11.6. The molecule has 1 aromatic carbocycles. The summed E-state index contributed by atoms with van der Waals surface area (Å²) < 4.78 is 3.53. The minimum Gasteiger partial charge on any atom is -0.279 e. The van der Waals surface area contributed by atoms with E-state index in [9.17, 15) is 0 Å². The highest BCUT2D eigenvalue weighted by Gasteiger charge is 2.20.